The number of benzene rings is 2. The molecule has 0 saturated carbocycles. The molecule has 0 aliphatic carbocycles. The number of carboxylic acids is 1. The standard InChI is InChI=1S/C12H8O4S.C2HF3O2/c13-17(14,15)8-5-6-12-10(7-8)9-3-1-2-4-11(9)16-12;3-2(4,5)1(6)7/h1-7H,(H,13,14,15);(H,6,7). The molecule has 0 aliphatic rings. The molecule has 0 fully saturated rings. The molecule has 3 rings (SSSR count). The lowest BCUT2D eigenvalue weighted by atomic mass is 10.1. The normalized spacial score (nSPS) is 12.0. The highest BCUT2D eigenvalue weighted by molar-refractivity contribution is 7.85. The number of furan rings is 1. The Morgan fingerprint density at radius 3 is 2.08 bits per heavy atom. The number of fused-ring (bicyclic) bond motifs is 3. The molecule has 2 aromatic carbocycles. The third-order valence-electron chi connectivity index (χ3n) is 2.89. The second kappa shape index (κ2) is 6.13. The Labute approximate surface area is 132 Å². The van der Waals surface area contributed by atoms with Crippen LogP contribution in [0.1, 0.15) is 0 Å². The van der Waals surface area contributed by atoms with Crippen LogP contribution in [0.3, 0.4) is 0 Å². The predicted octanol–water partition coefficient (Wildman–Crippen LogP) is 3.47. The molecule has 0 unspecified atom stereocenters. The zero-order chi connectivity index (χ0) is 18.1. The largest absolute Gasteiger partial charge is 0.490 e. The van der Waals surface area contributed by atoms with Gasteiger partial charge in [-0.05, 0) is 24.3 Å². The number of carboxylic acid groups (broad SMARTS) is 1. The van der Waals surface area contributed by atoms with E-state index in [1.807, 2.05) is 24.3 Å². The van der Waals surface area contributed by atoms with E-state index in [-0.39, 0.29) is 4.90 Å². The van der Waals surface area contributed by atoms with Crippen molar-refractivity contribution >= 4 is 38.0 Å². The maximum Gasteiger partial charge on any atom is 0.490 e. The highest BCUT2D eigenvalue weighted by Gasteiger charge is 2.38. The van der Waals surface area contributed by atoms with Crippen molar-refractivity contribution in [2.75, 3.05) is 0 Å². The molecule has 24 heavy (non-hydrogen) atoms. The van der Waals surface area contributed by atoms with Crippen molar-refractivity contribution in [2.45, 2.75) is 11.1 Å². The monoisotopic (exact) mass is 362 g/mol. The number of halogens is 3. The lowest BCUT2D eigenvalue weighted by Gasteiger charge is -1.95. The molecule has 6 nitrogen and oxygen atoms in total. The minimum atomic E-state index is -5.08. The van der Waals surface area contributed by atoms with Crippen LogP contribution >= 0.6 is 0 Å². The summed E-state index contributed by atoms with van der Waals surface area (Å²) in [6.45, 7) is 0. The van der Waals surface area contributed by atoms with Crippen molar-refractivity contribution in [3.63, 3.8) is 0 Å². The third-order valence-corrected chi connectivity index (χ3v) is 3.74. The average molecular weight is 362 g/mol. The van der Waals surface area contributed by atoms with Gasteiger partial charge in [-0.25, -0.2) is 4.79 Å². The van der Waals surface area contributed by atoms with Gasteiger partial charge >= 0.3 is 12.1 Å². The molecule has 1 heterocycles. The Balaban J connectivity index is 0.000000256. The molecule has 128 valence electrons. The molecule has 3 aromatic rings. The van der Waals surface area contributed by atoms with E-state index in [9.17, 15) is 21.6 Å². The van der Waals surface area contributed by atoms with Gasteiger partial charge in [0.05, 0.1) is 4.90 Å². The zero-order valence-electron chi connectivity index (χ0n) is 11.6. The summed E-state index contributed by atoms with van der Waals surface area (Å²) in [5, 5.41) is 8.63. The van der Waals surface area contributed by atoms with Gasteiger partial charge in [-0.3, -0.25) is 4.55 Å². The van der Waals surface area contributed by atoms with E-state index < -0.39 is 22.3 Å². The van der Waals surface area contributed by atoms with Gasteiger partial charge in [-0.1, -0.05) is 18.2 Å². The van der Waals surface area contributed by atoms with E-state index >= 15 is 0 Å². The van der Waals surface area contributed by atoms with E-state index in [1.54, 1.807) is 6.07 Å². The van der Waals surface area contributed by atoms with Crippen LogP contribution in [-0.2, 0) is 14.9 Å². The molecule has 0 bridgehead atoms. The van der Waals surface area contributed by atoms with E-state index in [0.29, 0.717) is 16.6 Å². The Kier molecular flexibility index (Phi) is 4.54. The average Bonchev–Trinajstić information content (AvgIpc) is 2.83. The summed E-state index contributed by atoms with van der Waals surface area (Å²) in [5.74, 6) is -2.76. The quantitative estimate of drug-likeness (QED) is 0.642. The molecular weight excluding hydrogens is 353 g/mol. The molecule has 0 radical (unpaired) electrons. The van der Waals surface area contributed by atoms with E-state index in [1.165, 1.54) is 12.1 Å². The lowest BCUT2D eigenvalue weighted by Crippen LogP contribution is -2.21. The Bertz CT molecular complexity index is 1000. The van der Waals surface area contributed by atoms with Crippen LogP contribution in [0, 0.1) is 0 Å². The first-order valence-electron chi connectivity index (χ1n) is 6.19. The first-order valence-corrected chi connectivity index (χ1v) is 7.63. The number of alkyl halides is 3. The number of hydrogen-bond acceptors (Lipinski definition) is 4. The molecule has 0 amide bonds. The highest BCUT2D eigenvalue weighted by atomic mass is 32.2. The van der Waals surface area contributed by atoms with Crippen LogP contribution in [0.25, 0.3) is 21.9 Å². The molecule has 0 spiro atoms. The van der Waals surface area contributed by atoms with Gasteiger partial charge in [-0.15, -0.1) is 0 Å². The third kappa shape index (κ3) is 3.84. The van der Waals surface area contributed by atoms with Crippen molar-refractivity contribution < 1.29 is 40.5 Å². The number of aliphatic carboxylic acids is 1. The fourth-order valence-corrected chi connectivity index (χ4v) is 2.37. The summed E-state index contributed by atoms with van der Waals surface area (Å²) in [5.41, 5.74) is 1.29. The van der Waals surface area contributed by atoms with Crippen LogP contribution in [0.4, 0.5) is 13.2 Å². The smallest absolute Gasteiger partial charge is 0.475 e. The molecule has 1 aromatic heterocycles. The maximum atomic E-state index is 11.1. The summed E-state index contributed by atoms with van der Waals surface area (Å²) in [6.07, 6.45) is -5.08. The lowest BCUT2D eigenvalue weighted by molar-refractivity contribution is -0.192. The van der Waals surface area contributed by atoms with Crippen molar-refractivity contribution in [3.05, 3.63) is 42.5 Å². The molecule has 0 atom stereocenters. The molecule has 0 aliphatic heterocycles. The fourth-order valence-electron chi connectivity index (χ4n) is 1.87. The van der Waals surface area contributed by atoms with Gasteiger partial charge in [0.2, 0.25) is 0 Å². The van der Waals surface area contributed by atoms with Gasteiger partial charge in [0.1, 0.15) is 11.2 Å². The molecular formula is C14H9F3O6S. The molecule has 0 saturated heterocycles. The van der Waals surface area contributed by atoms with Crippen LogP contribution in [0.2, 0.25) is 0 Å². The van der Waals surface area contributed by atoms with Crippen molar-refractivity contribution in [2.24, 2.45) is 0 Å². The first kappa shape index (κ1) is 17.8. The van der Waals surface area contributed by atoms with Crippen molar-refractivity contribution in [1.82, 2.24) is 0 Å². The number of carbonyl (C=O) groups is 1. The first-order chi connectivity index (χ1) is 11.0. The van der Waals surface area contributed by atoms with Gasteiger partial charge in [-0.2, -0.15) is 21.6 Å². The van der Waals surface area contributed by atoms with Crippen molar-refractivity contribution in [3.8, 4) is 0 Å². The van der Waals surface area contributed by atoms with Gasteiger partial charge in [0, 0.05) is 10.8 Å². The van der Waals surface area contributed by atoms with Crippen LogP contribution < -0.4 is 0 Å². The Morgan fingerprint density at radius 2 is 1.54 bits per heavy atom. The summed E-state index contributed by atoms with van der Waals surface area (Å²) < 4.78 is 68.4. The molecule has 10 heteroatoms. The summed E-state index contributed by atoms with van der Waals surface area (Å²) in [6, 6.07) is 11.6. The van der Waals surface area contributed by atoms with E-state index in [4.69, 9.17) is 18.9 Å². The SMILES string of the molecule is O=C(O)C(F)(F)F.O=S(=O)(O)c1ccc2oc3ccccc3c2c1. The van der Waals surface area contributed by atoms with Crippen LogP contribution in [-0.4, -0.2) is 30.2 Å². The van der Waals surface area contributed by atoms with Gasteiger partial charge in [0.15, 0.2) is 0 Å². The predicted molar refractivity (Wildman–Crippen MR) is 77.2 cm³/mol. The van der Waals surface area contributed by atoms with E-state index in [2.05, 4.69) is 0 Å². The summed E-state index contributed by atoms with van der Waals surface area (Å²) >= 11 is 0. The minimum absolute atomic E-state index is 0.128. The topological polar surface area (TPSA) is 105 Å². The molecule has 2 N–H and O–H groups in total. The minimum Gasteiger partial charge on any atom is -0.475 e. The van der Waals surface area contributed by atoms with E-state index in [0.717, 1.165) is 5.39 Å². The fraction of sp³-hybridized carbons (Fsp3) is 0.0714. The van der Waals surface area contributed by atoms with Gasteiger partial charge < -0.3 is 9.52 Å². The second-order valence-corrected chi connectivity index (χ2v) is 5.96. The summed E-state index contributed by atoms with van der Waals surface area (Å²) in [4.78, 5) is 8.77. The number of hydrogen-bond donors (Lipinski definition) is 2. The Hall–Kier alpha value is -2.59. The van der Waals surface area contributed by atoms with Crippen LogP contribution in [0.5, 0.6) is 0 Å². The number of rotatable bonds is 1. The summed E-state index contributed by atoms with van der Waals surface area (Å²) in [7, 11) is -4.18. The van der Waals surface area contributed by atoms with Crippen molar-refractivity contribution in [1.29, 1.82) is 0 Å². The van der Waals surface area contributed by atoms with Gasteiger partial charge in [0.25, 0.3) is 10.1 Å². The maximum absolute atomic E-state index is 11.1. The highest BCUT2D eigenvalue weighted by Crippen LogP contribution is 2.30. The zero-order valence-corrected chi connectivity index (χ0v) is 12.4. The number of para-hydroxylation sites is 1. The second-order valence-electron chi connectivity index (χ2n) is 4.53. The van der Waals surface area contributed by atoms with Crippen LogP contribution in [0.15, 0.2) is 51.8 Å². The Morgan fingerprint density at radius 1 is 1.00 bits per heavy atom.